The van der Waals surface area contributed by atoms with Crippen molar-refractivity contribution in [3.05, 3.63) is 45.2 Å². The Labute approximate surface area is 135 Å². The summed E-state index contributed by atoms with van der Waals surface area (Å²) in [6, 6.07) is 6.00. The van der Waals surface area contributed by atoms with E-state index in [1.54, 1.807) is 11.3 Å². The summed E-state index contributed by atoms with van der Waals surface area (Å²) in [4.78, 5) is 14.8. The van der Waals surface area contributed by atoms with Gasteiger partial charge in [-0.2, -0.15) is 0 Å². The molecule has 118 valence electrons. The Balaban J connectivity index is 1.99. The van der Waals surface area contributed by atoms with Crippen molar-refractivity contribution in [1.82, 2.24) is 20.6 Å². The fraction of sp³-hybridized carbons (Fsp3) is 0.438. The molecule has 0 aliphatic carbocycles. The molecule has 0 aliphatic rings. The van der Waals surface area contributed by atoms with E-state index in [0.29, 0.717) is 6.54 Å². The number of aryl methyl sites for hydroxylation is 3. The van der Waals surface area contributed by atoms with Crippen molar-refractivity contribution >= 4 is 17.3 Å². The summed E-state index contributed by atoms with van der Waals surface area (Å²) in [7, 11) is 0. The maximum atomic E-state index is 4.59. The van der Waals surface area contributed by atoms with Crippen LogP contribution in [0.15, 0.2) is 23.2 Å². The minimum Gasteiger partial charge on any atom is -0.357 e. The largest absolute Gasteiger partial charge is 0.357 e. The molecule has 0 bridgehead atoms. The van der Waals surface area contributed by atoms with Gasteiger partial charge in [0.25, 0.3) is 0 Å². The maximum Gasteiger partial charge on any atom is 0.191 e. The molecule has 2 rings (SSSR count). The summed E-state index contributed by atoms with van der Waals surface area (Å²) < 4.78 is 0. The first kappa shape index (κ1) is 16.4. The lowest BCUT2D eigenvalue weighted by Gasteiger charge is -2.10. The van der Waals surface area contributed by atoms with Gasteiger partial charge in [0.15, 0.2) is 5.96 Å². The summed E-state index contributed by atoms with van der Waals surface area (Å²) >= 11 is 1.72. The molecule has 0 saturated heterocycles. The lowest BCUT2D eigenvalue weighted by atomic mass is 10.3. The Hall–Kier alpha value is -1.95. The molecule has 2 aromatic rings. The normalized spacial score (nSPS) is 11.5. The minimum absolute atomic E-state index is 0.567. The molecule has 0 atom stereocenters. The van der Waals surface area contributed by atoms with Gasteiger partial charge in [-0.1, -0.05) is 6.07 Å². The first-order valence-corrected chi connectivity index (χ1v) is 8.27. The number of pyridine rings is 1. The molecule has 0 fully saturated rings. The standard InChI is InChI=1S/C16H23N5S/c1-5-17-16(18-9-14-8-6-7-11(2)20-14)19-10-15-12(3)21-13(4)22-15/h6-8H,5,9-10H2,1-4H3,(H2,17,18,19). The number of rotatable bonds is 5. The third-order valence-electron chi connectivity index (χ3n) is 3.11. The van der Waals surface area contributed by atoms with Gasteiger partial charge in [0, 0.05) is 17.1 Å². The van der Waals surface area contributed by atoms with Crippen molar-refractivity contribution in [1.29, 1.82) is 0 Å². The lowest BCUT2D eigenvalue weighted by molar-refractivity contribution is 0.813. The molecule has 0 radical (unpaired) electrons. The van der Waals surface area contributed by atoms with Crippen molar-refractivity contribution in [2.24, 2.45) is 4.99 Å². The van der Waals surface area contributed by atoms with Crippen molar-refractivity contribution in [2.75, 3.05) is 6.54 Å². The lowest BCUT2D eigenvalue weighted by Crippen LogP contribution is -2.36. The van der Waals surface area contributed by atoms with Crippen molar-refractivity contribution in [3.63, 3.8) is 0 Å². The Morgan fingerprint density at radius 3 is 2.64 bits per heavy atom. The van der Waals surface area contributed by atoms with Crippen molar-refractivity contribution in [3.8, 4) is 0 Å². The van der Waals surface area contributed by atoms with Gasteiger partial charge in [0.2, 0.25) is 0 Å². The van der Waals surface area contributed by atoms with Crippen LogP contribution in [0.2, 0.25) is 0 Å². The van der Waals surface area contributed by atoms with Crippen LogP contribution in [0.5, 0.6) is 0 Å². The highest BCUT2D eigenvalue weighted by Crippen LogP contribution is 2.16. The van der Waals surface area contributed by atoms with Crippen LogP contribution in [0.4, 0.5) is 0 Å². The number of hydrogen-bond acceptors (Lipinski definition) is 4. The van der Waals surface area contributed by atoms with Crippen LogP contribution in [0.1, 0.15) is 33.9 Å². The molecule has 0 amide bonds. The van der Waals surface area contributed by atoms with Crippen LogP contribution in [0.25, 0.3) is 0 Å². The fourth-order valence-corrected chi connectivity index (χ4v) is 2.97. The van der Waals surface area contributed by atoms with E-state index < -0.39 is 0 Å². The smallest absolute Gasteiger partial charge is 0.191 e. The topological polar surface area (TPSA) is 62.2 Å². The van der Waals surface area contributed by atoms with Crippen LogP contribution in [-0.2, 0) is 13.1 Å². The number of hydrogen-bond donors (Lipinski definition) is 2. The monoisotopic (exact) mass is 317 g/mol. The third-order valence-corrected chi connectivity index (χ3v) is 4.18. The van der Waals surface area contributed by atoms with E-state index in [9.17, 15) is 0 Å². The Kier molecular flexibility index (Phi) is 5.89. The van der Waals surface area contributed by atoms with Gasteiger partial charge in [-0.25, -0.2) is 9.98 Å². The Bertz CT molecular complexity index is 648. The van der Waals surface area contributed by atoms with Gasteiger partial charge in [-0.3, -0.25) is 4.98 Å². The van der Waals surface area contributed by atoms with Gasteiger partial charge in [-0.05, 0) is 39.8 Å². The third kappa shape index (κ3) is 4.80. The summed E-state index contributed by atoms with van der Waals surface area (Å²) in [6.45, 7) is 10.3. The van der Waals surface area contributed by atoms with Gasteiger partial charge in [0.1, 0.15) is 0 Å². The molecule has 2 aromatic heterocycles. The minimum atomic E-state index is 0.567. The molecule has 0 aliphatic heterocycles. The highest BCUT2D eigenvalue weighted by atomic mass is 32.1. The molecule has 22 heavy (non-hydrogen) atoms. The van der Waals surface area contributed by atoms with Gasteiger partial charge < -0.3 is 10.6 Å². The predicted octanol–water partition coefficient (Wildman–Crippen LogP) is 2.72. The van der Waals surface area contributed by atoms with Crippen LogP contribution in [-0.4, -0.2) is 22.5 Å². The van der Waals surface area contributed by atoms with E-state index in [4.69, 9.17) is 0 Å². The fourth-order valence-electron chi connectivity index (χ4n) is 2.09. The Morgan fingerprint density at radius 1 is 1.18 bits per heavy atom. The number of aromatic nitrogens is 2. The van der Waals surface area contributed by atoms with E-state index >= 15 is 0 Å². The molecule has 0 saturated carbocycles. The zero-order valence-electron chi connectivity index (χ0n) is 13.6. The second-order valence-corrected chi connectivity index (χ2v) is 6.35. The second-order valence-electron chi connectivity index (χ2n) is 5.06. The van der Waals surface area contributed by atoms with Crippen molar-refractivity contribution in [2.45, 2.75) is 40.8 Å². The SMILES string of the molecule is CCNC(=NCc1cccc(C)n1)NCc1sc(C)nc1C. The number of nitrogens with one attached hydrogen (secondary N) is 2. The summed E-state index contributed by atoms with van der Waals surface area (Å²) in [5.74, 6) is 0.802. The first-order chi connectivity index (χ1) is 10.6. The average molecular weight is 317 g/mol. The Morgan fingerprint density at radius 2 is 2.00 bits per heavy atom. The van der Waals surface area contributed by atoms with E-state index in [1.165, 1.54) is 4.88 Å². The number of aliphatic imine (C=N–C) groups is 1. The van der Waals surface area contributed by atoms with E-state index in [0.717, 1.165) is 41.1 Å². The quantitative estimate of drug-likeness (QED) is 0.657. The van der Waals surface area contributed by atoms with E-state index in [2.05, 4.69) is 32.5 Å². The molecule has 0 spiro atoms. The van der Waals surface area contributed by atoms with Crippen molar-refractivity contribution < 1.29 is 0 Å². The highest BCUT2D eigenvalue weighted by Gasteiger charge is 2.05. The second kappa shape index (κ2) is 7.89. The van der Waals surface area contributed by atoms with Crippen LogP contribution >= 0.6 is 11.3 Å². The molecule has 0 aromatic carbocycles. The van der Waals surface area contributed by atoms with Crippen LogP contribution in [0, 0.1) is 20.8 Å². The zero-order chi connectivity index (χ0) is 15.9. The highest BCUT2D eigenvalue weighted by molar-refractivity contribution is 7.11. The molecule has 2 N–H and O–H groups in total. The maximum absolute atomic E-state index is 4.59. The van der Waals surface area contributed by atoms with E-state index in [1.807, 2.05) is 39.0 Å². The molecular formula is C16H23N5S. The van der Waals surface area contributed by atoms with Gasteiger partial charge in [0.05, 0.1) is 29.5 Å². The van der Waals surface area contributed by atoms with E-state index in [-0.39, 0.29) is 0 Å². The summed E-state index contributed by atoms with van der Waals surface area (Å²) in [5, 5.41) is 7.71. The van der Waals surface area contributed by atoms with Gasteiger partial charge >= 0.3 is 0 Å². The van der Waals surface area contributed by atoms with Crippen LogP contribution < -0.4 is 10.6 Å². The summed E-state index contributed by atoms with van der Waals surface area (Å²) in [6.07, 6.45) is 0. The number of guanidine groups is 1. The number of nitrogens with zero attached hydrogens (tertiary/aromatic N) is 3. The van der Waals surface area contributed by atoms with Gasteiger partial charge in [-0.15, -0.1) is 11.3 Å². The first-order valence-electron chi connectivity index (χ1n) is 7.46. The molecule has 6 heteroatoms. The zero-order valence-corrected chi connectivity index (χ0v) is 14.4. The predicted molar refractivity (Wildman–Crippen MR) is 92.2 cm³/mol. The molecule has 5 nitrogen and oxygen atoms in total. The molecule has 2 heterocycles. The van der Waals surface area contributed by atoms with Crippen LogP contribution in [0.3, 0.4) is 0 Å². The summed E-state index contributed by atoms with van der Waals surface area (Å²) in [5.41, 5.74) is 3.08. The molecule has 0 unspecified atom stereocenters. The number of thiazole rings is 1. The molecular weight excluding hydrogens is 294 g/mol. The average Bonchev–Trinajstić information content (AvgIpc) is 2.80.